The summed E-state index contributed by atoms with van der Waals surface area (Å²) in [5.74, 6) is -0.284. The van der Waals surface area contributed by atoms with Crippen LogP contribution in [0.2, 0.25) is 0 Å². The average Bonchev–Trinajstić information content (AvgIpc) is 2.91. The van der Waals surface area contributed by atoms with Gasteiger partial charge in [-0.15, -0.1) is 0 Å². The number of benzene rings is 1. The lowest BCUT2D eigenvalue weighted by molar-refractivity contribution is -0.0498. The average molecular weight is 284 g/mol. The summed E-state index contributed by atoms with van der Waals surface area (Å²) in [6.45, 7) is -1.29. The summed E-state index contributed by atoms with van der Waals surface area (Å²) in [6.07, 6.45) is 3.18. The molecule has 0 radical (unpaired) electrons. The van der Waals surface area contributed by atoms with Crippen molar-refractivity contribution in [1.82, 2.24) is 10.6 Å². The molecule has 0 bridgehead atoms. The molecule has 4 nitrogen and oxygen atoms in total. The van der Waals surface area contributed by atoms with Crippen LogP contribution in [0.15, 0.2) is 24.3 Å². The van der Waals surface area contributed by atoms with Crippen LogP contribution in [0.25, 0.3) is 0 Å². The van der Waals surface area contributed by atoms with Crippen LogP contribution in [0.1, 0.15) is 29.6 Å². The molecule has 1 aromatic rings. The van der Waals surface area contributed by atoms with E-state index < -0.39 is 6.61 Å². The Hall–Kier alpha value is -1.69. The number of carbonyl (C=O) groups excluding carboxylic acids is 1. The van der Waals surface area contributed by atoms with E-state index >= 15 is 0 Å². The Morgan fingerprint density at radius 3 is 3.05 bits per heavy atom. The Morgan fingerprint density at radius 2 is 2.35 bits per heavy atom. The molecule has 110 valence electrons. The first-order chi connectivity index (χ1) is 9.65. The van der Waals surface area contributed by atoms with Crippen LogP contribution < -0.4 is 15.4 Å². The van der Waals surface area contributed by atoms with Crippen LogP contribution in [0, 0.1) is 0 Å². The van der Waals surface area contributed by atoms with Gasteiger partial charge < -0.3 is 15.4 Å². The summed E-state index contributed by atoms with van der Waals surface area (Å²) in [7, 11) is 0. The van der Waals surface area contributed by atoms with Gasteiger partial charge in [0.15, 0.2) is 0 Å². The number of hydrogen-bond donors (Lipinski definition) is 2. The van der Waals surface area contributed by atoms with Crippen LogP contribution in [-0.4, -0.2) is 31.7 Å². The summed E-state index contributed by atoms with van der Waals surface area (Å²) < 4.78 is 28.5. The molecule has 1 aromatic carbocycles. The Kier molecular flexibility index (Phi) is 5.29. The SMILES string of the molecule is O=C(NCC[C@H]1CCCN1)c1cccc(OC(F)F)c1. The highest BCUT2D eigenvalue weighted by atomic mass is 19.3. The van der Waals surface area contributed by atoms with E-state index in [1.807, 2.05) is 0 Å². The van der Waals surface area contributed by atoms with Gasteiger partial charge in [0, 0.05) is 18.2 Å². The van der Waals surface area contributed by atoms with Crippen molar-refractivity contribution in [1.29, 1.82) is 0 Å². The fourth-order valence-electron chi connectivity index (χ4n) is 2.28. The van der Waals surface area contributed by atoms with Crippen molar-refractivity contribution < 1.29 is 18.3 Å². The van der Waals surface area contributed by atoms with E-state index in [1.54, 1.807) is 6.07 Å². The molecule has 0 unspecified atom stereocenters. The van der Waals surface area contributed by atoms with Crippen molar-refractivity contribution in [3.05, 3.63) is 29.8 Å². The maximum atomic E-state index is 12.1. The zero-order chi connectivity index (χ0) is 14.4. The minimum Gasteiger partial charge on any atom is -0.435 e. The Labute approximate surface area is 116 Å². The number of carbonyl (C=O) groups is 1. The first kappa shape index (κ1) is 14.7. The standard InChI is InChI=1S/C14H18F2N2O2/c15-14(16)20-12-5-1-3-10(9-12)13(19)18-8-6-11-4-2-7-17-11/h1,3,5,9,11,14,17H,2,4,6-8H2,(H,18,19)/t11-/m1/s1. The lowest BCUT2D eigenvalue weighted by Gasteiger charge is -2.11. The third-order valence-corrected chi connectivity index (χ3v) is 3.26. The summed E-state index contributed by atoms with van der Waals surface area (Å²) in [5.41, 5.74) is 0.322. The highest BCUT2D eigenvalue weighted by molar-refractivity contribution is 5.94. The second kappa shape index (κ2) is 7.19. The molecular formula is C14H18F2N2O2. The number of hydrogen-bond acceptors (Lipinski definition) is 3. The van der Waals surface area contributed by atoms with Crippen molar-refractivity contribution in [3.63, 3.8) is 0 Å². The lowest BCUT2D eigenvalue weighted by Crippen LogP contribution is -2.30. The summed E-state index contributed by atoms with van der Waals surface area (Å²) in [6, 6.07) is 6.26. The molecule has 2 N–H and O–H groups in total. The molecule has 0 spiro atoms. The first-order valence-electron chi connectivity index (χ1n) is 6.71. The van der Waals surface area contributed by atoms with Gasteiger partial charge in [0.05, 0.1) is 0 Å². The van der Waals surface area contributed by atoms with Crippen molar-refractivity contribution in [2.75, 3.05) is 13.1 Å². The van der Waals surface area contributed by atoms with Crippen LogP contribution in [0.4, 0.5) is 8.78 Å². The maximum Gasteiger partial charge on any atom is 0.387 e. The van der Waals surface area contributed by atoms with E-state index in [9.17, 15) is 13.6 Å². The van der Waals surface area contributed by atoms with E-state index in [4.69, 9.17) is 0 Å². The van der Waals surface area contributed by atoms with Gasteiger partial charge in [0.2, 0.25) is 0 Å². The smallest absolute Gasteiger partial charge is 0.387 e. The van der Waals surface area contributed by atoms with Gasteiger partial charge in [-0.3, -0.25) is 4.79 Å². The fraction of sp³-hybridized carbons (Fsp3) is 0.500. The highest BCUT2D eigenvalue weighted by Gasteiger charge is 2.14. The predicted octanol–water partition coefficient (Wildman–Crippen LogP) is 2.16. The second-order valence-electron chi connectivity index (χ2n) is 4.74. The minimum absolute atomic E-state index is 0.00916. The zero-order valence-corrected chi connectivity index (χ0v) is 11.1. The van der Waals surface area contributed by atoms with Crippen LogP contribution in [0.5, 0.6) is 5.75 Å². The fourth-order valence-corrected chi connectivity index (χ4v) is 2.28. The van der Waals surface area contributed by atoms with E-state index in [0.717, 1.165) is 19.4 Å². The number of ether oxygens (including phenoxy) is 1. The van der Waals surface area contributed by atoms with Gasteiger partial charge in [-0.2, -0.15) is 8.78 Å². The molecule has 1 heterocycles. The number of rotatable bonds is 6. The molecule has 6 heteroatoms. The molecule has 1 saturated heterocycles. The highest BCUT2D eigenvalue weighted by Crippen LogP contribution is 2.16. The van der Waals surface area contributed by atoms with Gasteiger partial charge >= 0.3 is 6.61 Å². The van der Waals surface area contributed by atoms with Crippen LogP contribution in [-0.2, 0) is 0 Å². The molecule has 20 heavy (non-hydrogen) atoms. The lowest BCUT2D eigenvalue weighted by atomic mass is 10.1. The van der Waals surface area contributed by atoms with E-state index in [1.165, 1.54) is 24.6 Å². The van der Waals surface area contributed by atoms with Crippen LogP contribution >= 0.6 is 0 Å². The molecule has 0 saturated carbocycles. The normalized spacial score (nSPS) is 18.2. The number of halogens is 2. The summed E-state index contributed by atoms with van der Waals surface area (Å²) >= 11 is 0. The molecule has 1 aliphatic heterocycles. The first-order valence-corrected chi connectivity index (χ1v) is 6.71. The third-order valence-electron chi connectivity index (χ3n) is 3.26. The van der Waals surface area contributed by atoms with Crippen molar-refractivity contribution >= 4 is 5.91 Å². The van der Waals surface area contributed by atoms with Gasteiger partial charge in [0.1, 0.15) is 5.75 Å². The van der Waals surface area contributed by atoms with E-state index in [-0.39, 0.29) is 11.7 Å². The van der Waals surface area contributed by atoms with Gasteiger partial charge in [-0.25, -0.2) is 0 Å². The zero-order valence-electron chi connectivity index (χ0n) is 11.1. The van der Waals surface area contributed by atoms with Crippen molar-refractivity contribution in [3.8, 4) is 5.75 Å². The molecule has 0 aliphatic carbocycles. The molecule has 1 amide bonds. The van der Waals surface area contributed by atoms with E-state index in [0.29, 0.717) is 18.2 Å². The Bertz CT molecular complexity index is 449. The largest absolute Gasteiger partial charge is 0.435 e. The maximum absolute atomic E-state index is 12.1. The summed E-state index contributed by atoms with van der Waals surface area (Å²) in [4.78, 5) is 11.9. The van der Waals surface area contributed by atoms with Crippen molar-refractivity contribution in [2.45, 2.75) is 31.9 Å². The number of nitrogens with one attached hydrogen (secondary N) is 2. The third kappa shape index (κ3) is 4.45. The summed E-state index contributed by atoms with van der Waals surface area (Å²) in [5, 5.41) is 6.13. The van der Waals surface area contributed by atoms with Crippen molar-refractivity contribution in [2.24, 2.45) is 0 Å². The monoisotopic (exact) mass is 284 g/mol. The van der Waals surface area contributed by atoms with Gasteiger partial charge in [-0.1, -0.05) is 6.07 Å². The predicted molar refractivity (Wildman–Crippen MR) is 71.0 cm³/mol. The molecular weight excluding hydrogens is 266 g/mol. The van der Waals surface area contributed by atoms with Crippen LogP contribution in [0.3, 0.4) is 0 Å². The molecule has 1 atom stereocenters. The second-order valence-corrected chi connectivity index (χ2v) is 4.74. The number of amides is 1. The Morgan fingerprint density at radius 1 is 1.50 bits per heavy atom. The van der Waals surface area contributed by atoms with E-state index in [2.05, 4.69) is 15.4 Å². The minimum atomic E-state index is -2.89. The molecule has 1 aliphatic rings. The molecule has 2 rings (SSSR count). The number of alkyl halides is 2. The Balaban J connectivity index is 1.81. The quantitative estimate of drug-likeness (QED) is 0.841. The molecule has 0 aromatic heterocycles. The van der Waals surface area contributed by atoms with Gasteiger partial charge in [-0.05, 0) is 44.0 Å². The topological polar surface area (TPSA) is 50.4 Å². The molecule has 1 fully saturated rings. The van der Waals surface area contributed by atoms with Gasteiger partial charge in [0.25, 0.3) is 5.91 Å².